The third-order valence-electron chi connectivity index (χ3n) is 1.97. The van der Waals surface area contributed by atoms with Crippen molar-refractivity contribution in [2.75, 3.05) is 6.61 Å². The van der Waals surface area contributed by atoms with E-state index in [1.807, 2.05) is 6.92 Å². The van der Waals surface area contributed by atoms with Gasteiger partial charge in [0.25, 0.3) is 0 Å². The van der Waals surface area contributed by atoms with E-state index in [0.717, 1.165) is 5.56 Å². The van der Waals surface area contributed by atoms with Crippen LogP contribution in [0.5, 0.6) is 5.75 Å². The maximum Gasteiger partial charge on any atom is 0.163 e. The first kappa shape index (κ1) is 11.8. The van der Waals surface area contributed by atoms with E-state index in [1.54, 1.807) is 18.2 Å². The Hall–Kier alpha value is -1.28. The fourth-order valence-corrected chi connectivity index (χ4v) is 1.56. The van der Waals surface area contributed by atoms with Gasteiger partial charge in [-0.3, -0.25) is 4.79 Å². The van der Waals surface area contributed by atoms with Gasteiger partial charge in [-0.15, -0.1) is 0 Å². The van der Waals surface area contributed by atoms with Crippen LogP contribution in [-0.2, 0) is 0 Å². The second-order valence-electron chi connectivity index (χ2n) is 3.07. The number of ether oxygens (including phenoxy) is 1. The lowest BCUT2D eigenvalue weighted by Crippen LogP contribution is -2.02. The highest BCUT2D eigenvalue weighted by molar-refractivity contribution is 6.31. The molecule has 15 heavy (non-hydrogen) atoms. The normalized spacial score (nSPS) is 9.80. The van der Waals surface area contributed by atoms with Crippen LogP contribution < -0.4 is 4.74 Å². The van der Waals surface area contributed by atoms with Crippen molar-refractivity contribution in [2.45, 2.75) is 13.8 Å². The average Bonchev–Trinajstić information content (AvgIpc) is 2.19. The van der Waals surface area contributed by atoms with Crippen molar-refractivity contribution in [3.63, 3.8) is 0 Å². The van der Waals surface area contributed by atoms with Gasteiger partial charge >= 0.3 is 0 Å². The Balaban J connectivity index is 3.39. The zero-order chi connectivity index (χ0) is 11.4. The number of Topliss-reactive ketones (excluding diaryl/α,β-unsaturated/α-hetero) is 1. The topological polar surface area (TPSA) is 26.3 Å². The molecule has 2 nitrogen and oxygen atoms in total. The molecule has 3 heteroatoms. The molecule has 0 unspecified atom stereocenters. The molecular formula is C12H13ClO2. The van der Waals surface area contributed by atoms with Crippen LogP contribution in [-0.4, -0.2) is 12.4 Å². The van der Waals surface area contributed by atoms with E-state index >= 15 is 0 Å². The maximum absolute atomic E-state index is 11.4. The van der Waals surface area contributed by atoms with Gasteiger partial charge in [-0.2, -0.15) is 0 Å². The van der Waals surface area contributed by atoms with Crippen LogP contribution in [0.25, 0.3) is 6.08 Å². The average molecular weight is 225 g/mol. The van der Waals surface area contributed by atoms with E-state index in [4.69, 9.17) is 16.3 Å². The molecule has 0 aliphatic rings. The highest BCUT2D eigenvalue weighted by Crippen LogP contribution is 2.29. The summed E-state index contributed by atoms with van der Waals surface area (Å²) in [6, 6.07) is 3.34. The van der Waals surface area contributed by atoms with Gasteiger partial charge in [0, 0.05) is 10.6 Å². The molecule has 0 amide bonds. The minimum atomic E-state index is -0.0657. The number of benzene rings is 1. The van der Waals surface area contributed by atoms with Gasteiger partial charge in [0.1, 0.15) is 5.75 Å². The molecule has 0 aliphatic carbocycles. The summed E-state index contributed by atoms with van der Waals surface area (Å²) >= 11 is 5.89. The quantitative estimate of drug-likeness (QED) is 0.731. The number of carbonyl (C=O) groups excluding carboxylic acids is 1. The van der Waals surface area contributed by atoms with E-state index in [0.29, 0.717) is 22.9 Å². The van der Waals surface area contributed by atoms with Crippen LogP contribution in [0.15, 0.2) is 18.7 Å². The summed E-state index contributed by atoms with van der Waals surface area (Å²) in [5.74, 6) is 0.494. The van der Waals surface area contributed by atoms with Gasteiger partial charge in [-0.05, 0) is 26.0 Å². The van der Waals surface area contributed by atoms with Crippen molar-refractivity contribution in [1.29, 1.82) is 0 Å². The third kappa shape index (κ3) is 2.60. The Morgan fingerprint density at radius 1 is 1.60 bits per heavy atom. The van der Waals surface area contributed by atoms with Crippen molar-refractivity contribution >= 4 is 23.5 Å². The first-order valence-corrected chi connectivity index (χ1v) is 5.07. The predicted octanol–water partition coefficient (Wildman–Crippen LogP) is 3.58. The number of hydrogen-bond acceptors (Lipinski definition) is 2. The summed E-state index contributed by atoms with van der Waals surface area (Å²) in [5, 5.41) is 0.513. The van der Waals surface area contributed by atoms with Crippen LogP contribution in [0.4, 0.5) is 0 Å². The SMILES string of the molecule is C=Cc1cc(Cl)cc(C(C)=O)c1OCC. The number of carbonyl (C=O) groups is 1. The van der Waals surface area contributed by atoms with Gasteiger partial charge in [0.2, 0.25) is 0 Å². The highest BCUT2D eigenvalue weighted by atomic mass is 35.5. The zero-order valence-electron chi connectivity index (χ0n) is 8.84. The van der Waals surface area contributed by atoms with E-state index < -0.39 is 0 Å². The van der Waals surface area contributed by atoms with Crippen molar-refractivity contribution in [3.8, 4) is 5.75 Å². The van der Waals surface area contributed by atoms with Gasteiger partial charge < -0.3 is 4.74 Å². The molecule has 1 aromatic carbocycles. The lowest BCUT2D eigenvalue weighted by atomic mass is 10.1. The minimum Gasteiger partial charge on any atom is -0.492 e. The summed E-state index contributed by atoms with van der Waals surface area (Å²) < 4.78 is 5.42. The summed E-state index contributed by atoms with van der Waals surface area (Å²) in [4.78, 5) is 11.4. The zero-order valence-corrected chi connectivity index (χ0v) is 9.60. The summed E-state index contributed by atoms with van der Waals surface area (Å²) in [6.45, 7) is 7.52. The number of ketones is 1. The Labute approximate surface area is 94.5 Å². The van der Waals surface area contributed by atoms with Crippen molar-refractivity contribution in [3.05, 3.63) is 34.9 Å². The Morgan fingerprint density at radius 3 is 2.73 bits per heavy atom. The predicted molar refractivity (Wildman–Crippen MR) is 62.7 cm³/mol. The van der Waals surface area contributed by atoms with E-state index in [-0.39, 0.29) is 5.78 Å². The second-order valence-corrected chi connectivity index (χ2v) is 3.50. The number of rotatable bonds is 4. The standard InChI is InChI=1S/C12H13ClO2/c1-4-9-6-10(13)7-11(8(3)14)12(9)15-5-2/h4,6-7H,1,5H2,2-3H3. The largest absolute Gasteiger partial charge is 0.492 e. The fourth-order valence-electron chi connectivity index (χ4n) is 1.33. The molecule has 0 radical (unpaired) electrons. The molecule has 0 spiro atoms. The van der Waals surface area contributed by atoms with E-state index in [9.17, 15) is 4.79 Å². The maximum atomic E-state index is 11.4. The molecule has 1 rings (SSSR count). The lowest BCUT2D eigenvalue weighted by molar-refractivity contribution is 0.101. The molecular weight excluding hydrogens is 212 g/mol. The number of halogens is 1. The third-order valence-corrected chi connectivity index (χ3v) is 2.19. The molecule has 0 heterocycles. The lowest BCUT2D eigenvalue weighted by Gasteiger charge is -2.11. The summed E-state index contributed by atoms with van der Waals surface area (Å²) in [7, 11) is 0. The molecule has 0 aliphatic heterocycles. The Kier molecular flexibility index (Phi) is 3.92. The minimum absolute atomic E-state index is 0.0657. The fraction of sp³-hybridized carbons (Fsp3) is 0.250. The molecule has 0 atom stereocenters. The first-order chi connectivity index (χ1) is 7.10. The highest BCUT2D eigenvalue weighted by Gasteiger charge is 2.13. The summed E-state index contributed by atoms with van der Waals surface area (Å²) in [6.07, 6.45) is 1.63. The van der Waals surface area contributed by atoms with Crippen molar-refractivity contribution in [1.82, 2.24) is 0 Å². The Morgan fingerprint density at radius 2 is 2.27 bits per heavy atom. The summed E-state index contributed by atoms with van der Waals surface area (Å²) in [5.41, 5.74) is 1.24. The van der Waals surface area contributed by atoms with Crippen LogP contribution in [0.1, 0.15) is 29.8 Å². The smallest absolute Gasteiger partial charge is 0.163 e. The van der Waals surface area contributed by atoms with Crippen LogP contribution in [0.3, 0.4) is 0 Å². The van der Waals surface area contributed by atoms with Crippen molar-refractivity contribution in [2.24, 2.45) is 0 Å². The van der Waals surface area contributed by atoms with Gasteiger partial charge in [-0.25, -0.2) is 0 Å². The molecule has 0 bridgehead atoms. The molecule has 0 saturated carbocycles. The van der Waals surface area contributed by atoms with Gasteiger partial charge in [0.05, 0.1) is 12.2 Å². The van der Waals surface area contributed by atoms with Crippen LogP contribution in [0, 0.1) is 0 Å². The Bertz CT molecular complexity index is 397. The van der Waals surface area contributed by atoms with Gasteiger partial charge in [-0.1, -0.05) is 24.3 Å². The van der Waals surface area contributed by atoms with Crippen molar-refractivity contribution < 1.29 is 9.53 Å². The second kappa shape index (κ2) is 4.99. The molecule has 1 aromatic rings. The van der Waals surface area contributed by atoms with E-state index in [2.05, 4.69) is 6.58 Å². The van der Waals surface area contributed by atoms with E-state index in [1.165, 1.54) is 6.92 Å². The molecule has 0 aromatic heterocycles. The molecule has 0 saturated heterocycles. The molecule has 0 N–H and O–H groups in total. The monoisotopic (exact) mass is 224 g/mol. The molecule has 0 fully saturated rings. The van der Waals surface area contributed by atoms with Gasteiger partial charge in [0.15, 0.2) is 5.78 Å². The molecule has 80 valence electrons. The number of hydrogen-bond donors (Lipinski definition) is 0. The first-order valence-electron chi connectivity index (χ1n) is 4.69. The van der Waals surface area contributed by atoms with Crippen LogP contribution >= 0.6 is 11.6 Å². The van der Waals surface area contributed by atoms with Crippen LogP contribution in [0.2, 0.25) is 5.02 Å².